The van der Waals surface area contributed by atoms with Crippen molar-refractivity contribution in [3.05, 3.63) is 34.6 Å². The van der Waals surface area contributed by atoms with Gasteiger partial charge in [-0.25, -0.2) is 4.39 Å². The van der Waals surface area contributed by atoms with Gasteiger partial charge in [-0.05, 0) is 43.7 Å². The summed E-state index contributed by atoms with van der Waals surface area (Å²) < 4.78 is 12.6. The number of ketones is 1. The maximum atomic E-state index is 13.0. The maximum Gasteiger partial charge on any atom is 0.178 e. The first-order valence-corrected chi connectivity index (χ1v) is 6.53. The molecule has 1 aromatic carbocycles. The van der Waals surface area contributed by atoms with Crippen LogP contribution in [0.2, 0.25) is 5.02 Å². The van der Waals surface area contributed by atoms with Crippen LogP contribution in [0.3, 0.4) is 0 Å². The molecule has 0 spiro atoms. The highest BCUT2D eigenvalue weighted by Crippen LogP contribution is 2.40. The largest absolute Gasteiger partial charge is 0.293 e. The van der Waals surface area contributed by atoms with E-state index in [9.17, 15) is 9.18 Å². The van der Waals surface area contributed by atoms with Crippen molar-refractivity contribution in [3.8, 4) is 0 Å². The average molecular weight is 259 g/mol. The van der Waals surface area contributed by atoms with E-state index in [2.05, 4.69) is 0 Å². The van der Waals surface area contributed by atoms with Gasteiger partial charge in [0, 0.05) is 5.56 Å². The van der Waals surface area contributed by atoms with Gasteiger partial charge in [0.05, 0.1) is 9.77 Å². The molecule has 1 unspecified atom stereocenters. The minimum absolute atomic E-state index is 0.0115. The van der Waals surface area contributed by atoms with Gasteiger partial charge in [0.2, 0.25) is 0 Å². The van der Waals surface area contributed by atoms with Crippen LogP contribution < -0.4 is 0 Å². The van der Waals surface area contributed by atoms with Crippen LogP contribution in [0.1, 0.15) is 30.1 Å². The lowest BCUT2D eigenvalue weighted by molar-refractivity contribution is 0.0949. The highest BCUT2D eigenvalue weighted by Gasteiger charge is 2.37. The molecule has 1 atom stereocenters. The number of rotatable bonds is 2. The van der Waals surface area contributed by atoms with Gasteiger partial charge < -0.3 is 0 Å². The van der Waals surface area contributed by atoms with Crippen molar-refractivity contribution < 1.29 is 9.18 Å². The second-order valence-corrected chi connectivity index (χ2v) is 6.15. The SMILES string of the molecule is CC1(C(=O)c2ccc(F)c(Cl)c2)CCCS1. The van der Waals surface area contributed by atoms with Crippen molar-refractivity contribution in [2.24, 2.45) is 0 Å². The van der Waals surface area contributed by atoms with Gasteiger partial charge in [0.1, 0.15) is 5.82 Å². The van der Waals surface area contributed by atoms with Crippen molar-refractivity contribution in [2.75, 3.05) is 5.75 Å². The summed E-state index contributed by atoms with van der Waals surface area (Å²) in [4.78, 5) is 12.2. The lowest BCUT2D eigenvalue weighted by Crippen LogP contribution is -2.28. The van der Waals surface area contributed by atoms with Crippen molar-refractivity contribution in [1.82, 2.24) is 0 Å². The Balaban J connectivity index is 2.30. The predicted molar refractivity (Wildman–Crippen MR) is 65.8 cm³/mol. The van der Waals surface area contributed by atoms with Crippen LogP contribution in [-0.4, -0.2) is 16.3 Å². The van der Waals surface area contributed by atoms with Crippen LogP contribution in [0.5, 0.6) is 0 Å². The molecule has 4 heteroatoms. The molecular weight excluding hydrogens is 247 g/mol. The number of carbonyl (C=O) groups excluding carboxylic acids is 1. The molecule has 1 nitrogen and oxygen atoms in total. The summed E-state index contributed by atoms with van der Waals surface area (Å²) in [6.45, 7) is 1.95. The van der Waals surface area contributed by atoms with Crippen LogP contribution in [-0.2, 0) is 0 Å². The summed E-state index contributed by atoms with van der Waals surface area (Å²) in [5, 5.41) is 0.0115. The molecule has 16 heavy (non-hydrogen) atoms. The number of halogens is 2. The number of Topliss-reactive ketones (excluding diaryl/α,β-unsaturated/α-hetero) is 1. The summed E-state index contributed by atoms with van der Waals surface area (Å²) in [7, 11) is 0. The molecule has 0 aromatic heterocycles. The van der Waals surface area contributed by atoms with Crippen molar-refractivity contribution in [2.45, 2.75) is 24.5 Å². The predicted octanol–water partition coefficient (Wildman–Crippen LogP) is 3.95. The number of carbonyl (C=O) groups is 1. The van der Waals surface area contributed by atoms with Crippen LogP contribution >= 0.6 is 23.4 Å². The second kappa shape index (κ2) is 4.38. The van der Waals surface area contributed by atoms with E-state index in [1.165, 1.54) is 18.2 Å². The van der Waals surface area contributed by atoms with E-state index in [1.807, 2.05) is 6.92 Å². The summed E-state index contributed by atoms with van der Waals surface area (Å²) >= 11 is 7.35. The Morgan fingerprint density at radius 1 is 1.56 bits per heavy atom. The Bertz CT molecular complexity index is 427. The number of thioether (sulfide) groups is 1. The zero-order chi connectivity index (χ0) is 11.8. The van der Waals surface area contributed by atoms with E-state index < -0.39 is 5.82 Å². The van der Waals surface area contributed by atoms with Gasteiger partial charge in [-0.3, -0.25) is 4.79 Å². The molecule has 0 radical (unpaired) electrons. The zero-order valence-electron chi connectivity index (χ0n) is 8.93. The van der Waals surface area contributed by atoms with E-state index in [-0.39, 0.29) is 15.6 Å². The highest BCUT2D eigenvalue weighted by molar-refractivity contribution is 8.01. The molecule has 1 saturated heterocycles. The third-order valence-electron chi connectivity index (χ3n) is 2.88. The van der Waals surface area contributed by atoms with E-state index in [1.54, 1.807) is 11.8 Å². The second-order valence-electron chi connectivity index (χ2n) is 4.14. The van der Waals surface area contributed by atoms with Gasteiger partial charge in [-0.15, -0.1) is 11.8 Å². The lowest BCUT2D eigenvalue weighted by Gasteiger charge is -2.20. The number of hydrogen-bond acceptors (Lipinski definition) is 2. The van der Waals surface area contributed by atoms with Crippen LogP contribution in [0.25, 0.3) is 0 Å². The van der Waals surface area contributed by atoms with Gasteiger partial charge >= 0.3 is 0 Å². The van der Waals surface area contributed by atoms with Crippen molar-refractivity contribution >= 4 is 29.1 Å². The molecule has 1 aliphatic rings. The Hall–Kier alpha value is -0.540. The fourth-order valence-corrected chi connectivity index (χ4v) is 3.36. The summed E-state index contributed by atoms with van der Waals surface area (Å²) in [5.74, 6) is 0.580. The molecule has 0 amide bonds. The Kier molecular flexibility index (Phi) is 3.27. The molecule has 0 N–H and O–H groups in total. The van der Waals surface area contributed by atoms with Crippen LogP contribution in [0.4, 0.5) is 4.39 Å². The van der Waals surface area contributed by atoms with Crippen LogP contribution in [0, 0.1) is 5.82 Å². The topological polar surface area (TPSA) is 17.1 Å². The normalized spacial score (nSPS) is 24.7. The van der Waals surface area contributed by atoms with Crippen LogP contribution in [0.15, 0.2) is 18.2 Å². The minimum atomic E-state index is -0.484. The molecule has 0 saturated carbocycles. The molecule has 1 fully saturated rings. The first-order valence-electron chi connectivity index (χ1n) is 5.17. The summed E-state index contributed by atoms with van der Waals surface area (Å²) in [6, 6.07) is 4.18. The van der Waals surface area contributed by atoms with Gasteiger partial charge in [0.15, 0.2) is 5.78 Å². The Morgan fingerprint density at radius 3 is 2.88 bits per heavy atom. The fraction of sp³-hybridized carbons (Fsp3) is 0.417. The fourth-order valence-electron chi connectivity index (χ4n) is 1.90. The van der Waals surface area contributed by atoms with E-state index >= 15 is 0 Å². The summed E-state index contributed by atoms with van der Waals surface area (Å²) in [5.41, 5.74) is 0.503. The number of benzene rings is 1. The van der Waals surface area contributed by atoms with Crippen molar-refractivity contribution in [1.29, 1.82) is 0 Å². The first-order chi connectivity index (χ1) is 7.53. The van der Waals surface area contributed by atoms with Gasteiger partial charge in [0.25, 0.3) is 0 Å². The third kappa shape index (κ3) is 2.11. The molecule has 0 aliphatic carbocycles. The monoisotopic (exact) mass is 258 g/mol. The van der Waals surface area contributed by atoms with E-state index in [4.69, 9.17) is 11.6 Å². The molecule has 2 rings (SSSR count). The van der Waals surface area contributed by atoms with E-state index in [0.29, 0.717) is 5.56 Å². The Morgan fingerprint density at radius 2 is 2.31 bits per heavy atom. The molecular formula is C12H12ClFOS. The number of hydrogen-bond donors (Lipinski definition) is 0. The van der Waals surface area contributed by atoms with Gasteiger partial charge in [-0.2, -0.15) is 0 Å². The third-order valence-corrected chi connectivity index (χ3v) is 4.69. The first kappa shape index (κ1) is 11.9. The molecule has 0 bridgehead atoms. The summed E-state index contributed by atoms with van der Waals surface area (Å²) in [6.07, 6.45) is 1.94. The average Bonchev–Trinajstić information content (AvgIpc) is 2.70. The van der Waals surface area contributed by atoms with Crippen molar-refractivity contribution in [3.63, 3.8) is 0 Å². The Labute approximate surface area is 103 Å². The minimum Gasteiger partial charge on any atom is -0.293 e. The standard InChI is InChI=1S/C12H12ClFOS/c1-12(5-2-6-16-12)11(15)8-3-4-10(14)9(13)7-8/h3-4,7H,2,5-6H2,1H3. The van der Waals surface area contributed by atoms with Gasteiger partial charge in [-0.1, -0.05) is 11.6 Å². The zero-order valence-corrected chi connectivity index (χ0v) is 10.5. The lowest BCUT2D eigenvalue weighted by atomic mass is 9.95. The molecule has 1 heterocycles. The molecule has 1 aliphatic heterocycles. The molecule has 86 valence electrons. The maximum absolute atomic E-state index is 13.0. The molecule has 1 aromatic rings. The highest BCUT2D eigenvalue weighted by atomic mass is 35.5. The quantitative estimate of drug-likeness (QED) is 0.748. The smallest absolute Gasteiger partial charge is 0.178 e. The van der Waals surface area contributed by atoms with E-state index in [0.717, 1.165) is 18.6 Å².